The quantitative estimate of drug-likeness (QED) is 0.120. The lowest BCUT2D eigenvalue weighted by atomic mass is 9.88. The van der Waals surface area contributed by atoms with Crippen LogP contribution in [0.2, 0.25) is 0 Å². The van der Waals surface area contributed by atoms with Gasteiger partial charge >= 0.3 is 0 Å². The molecule has 0 fully saturated rings. The first kappa shape index (κ1) is 32.8. The van der Waals surface area contributed by atoms with Gasteiger partial charge in [0.05, 0.1) is 0 Å². The Morgan fingerprint density at radius 2 is 0.544 bits per heavy atom. The molecule has 0 amide bonds. The van der Waals surface area contributed by atoms with Crippen LogP contribution >= 0.6 is 0 Å². The van der Waals surface area contributed by atoms with Gasteiger partial charge in [0.15, 0.2) is 0 Å². The maximum absolute atomic E-state index is 6.41. The Kier molecular flexibility index (Phi) is 7.82. The minimum Gasteiger partial charge on any atom is -0.457 e. The molecule has 57 heavy (non-hydrogen) atoms. The molecule has 11 aromatic rings. The van der Waals surface area contributed by atoms with Crippen LogP contribution in [0, 0.1) is 0 Å². The average molecular weight is 730 g/mol. The van der Waals surface area contributed by atoms with E-state index in [0.717, 1.165) is 61.6 Å². The normalized spacial score (nSPS) is 11.5. The van der Waals surface area contributed by atoms with E-state index >= 15 is 0 Å². The van der Waals surface area contributed by atoms with Gasteiger partial charge < -0.3 is 14.4 Å². The van der Waals surface area contributed by atoms with E-state index in [-0.39, 0.29) is 0 Å². The molecule has 3 nitrogen and oxygen atoms in total. The monoisotopic (exact) mass is 729 g/mol. The average Bonchev–Trinajstić information content (AvgIpc) is 3.27. The fourth-order valence-corrected chi connectivity index (χ4v) is 8.51. The summed E-state index contributed by atoms with van der Waals surface area (Å²) >= 11 is 0. The zero-order valence-electron chi connectivity index (χ0n) is 31.0. The van der Waals surface area contributed by atoms with Crippen LogP contribution in [0.4, 0.5) is 17.1 Å². The van der Waals surface area contributed by atoms with Crippen LogP contribution in [0.15, 0.2) is 212 Å². The summed E-state index contributed by atoms with van der Waals surface area (Å²) in [6.07, 6.45) is 0. The predicted octanol–water partition coefficient (Wildman–Crippen LogP) is 15.7. The molecule has 0 aromatic heterocycles. The van der Waals surface area contributed by atoms with Gasteiger partial charge in [-0.25, -0.2) is 0 Å². The van der Waals surface area contributed by atoms with E-state index in [2.05, 4.69) is 157 Å². The summed E-state index contributed by atoms with van der Waals surface area (Å²) in [4.78, 5) is 2.34. The molecule has 268 valence electrons. The molecule has 0 aliphatic rings. The van der Waals surface area contributed by atoms with Crippen LogP contribution in [0.25, 0.3) is 64.6 Å². The molecule has 3 heteroatoms. The zero-order valence-corrected chi connectivity index (χ0v) is 31.0. The number of ether oxygens (including phenoxy) is 2. The highest BCUT2D eigenvalue weighted by molar-refractivity contribution is 6.33. The Labute approximate surface area is 330 Å². The van der Waals surface area contributed by atoms with Crippen LogP contribution < -0.4 is 14.4 Å². The lowest BCUT2D eigenvalue weighted by Gasteiger charge is -2.26. The first-order chi connectivity index (χ1) is 28.2. The molecular weight excluding hydrogens is 695 g/mol. The maximum atomic E-state index is 6.41. The van der Waals surface area contributed by atoms with Gasteiger partial charge in [-0.1, -0.05) is 115 Å². The molecule has 11 rings (SSSR count). The maximum Gasteiger partial charge on any atom is 0.128 e. The smallest absolute Gasteiger partial charge is 0.128 e. The highest BCUT2D eigenvalue weighted by atomic mass is 16.5. The molecule has 0 aliphatic heterocycles. The zero-order chi connectivity index (χ0) is 37.7. The van der Waals surface area contributed by atoms with Crippen molar-refractivity contribution >= 4 is 81.7 Å². The number of fused-ring (bicyclic) bond motifs is 12. The number of hydrogen-bond donors (Lipinski definition) is 0. The third-order valence-corrected chi connectivity index (χ3v) is 11.1. The molecule has 0 heterocycles. The summed E-state index contributed by atoms with van der Waals surface area (Å²) in [5.41, 5.74) is 3.34. The molecule has 11 aromatic carbocycles. The summed E-state index contributed by atoms with van der Waals surface area (Å²) < 4.78 is 12.8. The van der Waals surface area contributed by atoms with Crippen LogP contribution in [-0.2, 0) is 0 Å². The topological polar surface area (TPSA) is 21.7 Å². The molecule has 0 bridgehead atoms. The Morgan fingerprint density at radius 3 is 0.982 bits per heavy atom. The number of para-hydroxylation sites is 4. The van der Waals surface area contributed by atoms with Gasteiger partial charge in [0.1, 0.15) is 23.0 Å². The van der Waals surface area contributed by atoms with Crippen molar-refractivity contribution in [1.29, 1.82) is 0 Å². The van der Waals surface area contributed by atoms with Crippen LogP contribution in [0.3, 0.4) is 0 Å². The SMILES string of the molecule is c1ccc(Oc2ccc3c(c2)c2cc(Oc4ccccc4)ccc2c2cc4c5ccc(N(c6ccccc6)c6ccccc6)cc5c5ccccc5c4cc32)cc1. The molecule has 0 spiro atoms. The number of nitrogens with zero attached hydrogens (tertiary/aromatic N) is 1. The van der Waals surface area contributed by atoms with Crippen molar-refractivity contribution in [3.8, 4) is 23.0 Å². The van der Waals surface area contributed by atoms with Crippen LogP contribution in [-0.4, -0.2) is 0 Å². The molecular formula is C54H35NO2. The van der Waals surface area contributed by atoms with Crippen molar-refractivity contribution in [3.05, 3.63) is 212 Å². The largest absolute Gasteiger partial charge is 0.457 e. The third-order valence-electron chi connectivity index (χ3n) is 11.1. The number of anilines is 3. The van der Waals surface area contributed by atoms with Crippen molar-refractivity contribution in [1.82, 2.24) is 0 Å². The first-order valence-corrected chi connectivity index (χ1v) is 19.3. The summed E-state index contributed by atoms with van der Waals surface area (Å²) in [6, 6.07) is 74.7. The van der Waals surface area contributed by atoms with E-state index in [9.17, 15) is 0 Å². The van der Waals surface area contributed by atoms with E-state index in [0.29, 0.717) is 0 Å². The Balaban J connectivity index is 1.18. The second-order valence-electron chi connectivity index (χ2n) is 14.5. The van der Waals surface area contributed by atoms with E-state index in [4.69, 9.17) is 9.47 Å². The molecule has 0 saturated carbocycles. The molecule has 0 aliphatic carbocycles. The molecule has 0 N–H and O–H groups in total. The van der Waals surface area contributed by atoms with Gasteiger partial charge in [0.2, 0.25) is 0 Å². The van der Waals surface area contributed by atoms with Crippen molar-refractivity contribution < 1.29 is 9.47 Å². The molecule has 0 atom stereocenters. The summed E-state index contributed by atoms with van der Waals surface area (Å²) in [5, 5.41) is 14.3. The minimum absolute atomic E-state index is 0.787. The van der Waals surface area contributed by atoms with Crippen molar-refractivity contribution in [2.24, 2.45) is 0 Å². The second kappa shape index (κ2) is 13.6. The van der Waals surface area contributed by atoms with Gasteiger partial charge in [0.25, 0.3) is 0 Å². The lowest BCUT2D eigenvalue weighted by Crippen LogP contribution is -2.09. The van der Waals surface area contributed by atoms with Gasteiger partial charge in [0, 0.05) is 17.1 Å². The summed E-state index contributed by atoms with van der Waals surface area (Å²) in [5.74, 6) is 3.18. The van der Waals surface area contributed by atoms with Gasteiger partial charge in [-0.2, -0.15) is 0 Å². The molecule has 0 saturated heterocycles. The standard InChI is InChI=1S/C54H35NO2/c1-5-15-36(16-6-1)55(37-17-7-2-8-18-37)38-25-28-45-48(31-38)43-23-13-14-24-44(43)51-34-53-46-29-26-41(56-39-19-9-3-10-20-39)32-49(46)50-33-42(57-40-21-11-4-12-22-40)27-30-47(50)54(53)35-52(45)51/h1-35H. The predicted molar refractivity (Wildman–Crippen MR) is 239 cm³/mol. The third kappa shape index (κ3) is 5.76. The fourth-order valence-electron chi connectivity index (χ4n) is 8.51. The number of rotatable bonds is 7. The van der Waals surface area contributed by atoms with Gasteiger partial charge in [-0.05, 0) is 162 Å². The highest BCUT2D eigenvalue weighted by Gasteiger charge is 2.18. The van der Waals surface area contributed by atoms with Crippen LogP contribution in [0.1, 0.15) is 0 Å². The molecule has 0 unspecified atom stereocenters. The van der Waals surface area contributed by atoms with Crippen molar-refractivity contribution in [3.63, 3.8) is 0 Å². The fraction of sp³-hybridized carbons (Fsp3) is 0. The van der Waals surface area contributed by atoms with Gasteiger partial charge in [-0.3, -0.25) is 0 Å². The Hall–Kier alpha value is -7.62. The van der Waals surface area contributed by atoms with E-state index < -0.39 is 0 Å². The Bertz CT molecular complexity index is 3240. The van der Waals surface area contributed by atoms with Crippen molar-refractivity contribution in [2.75, 3.05) is 4.90 Å². The van der Waals surface area contributed by atoms with Crippen molar-refractivity contribution in [2.45, 2.75) is 0 Å². The van der Waals surface area contributed by atoms with E-state index in [1.807, 2.05) is 60.7 Å². The van der Waals surface area contributed by atoms with E-state index in [1.54, 1.807) is 0 Å². The summed E-state index contributed by atoms with van der Waals surface area (Å²) in [6.45, 7) is 0. The highest BCUT2D eigenvalue weighted by Crippen LogP contribution is 2.45. The van der Waals surface area contributed by atoms with Gasteiger partial charge in [-0.15, -0.1) is 0 Å². The number of hydrogen-bond acceptors (Lipinski definition) is 3. The second-order valence-corrected chi connectivity index (χ2v) is 14.5. The first-order valence-electron chi connectivity index (χ1n) is 19.3. The summed E-state index contributed by atoms with van der Waals surface area (Å²) in [7, 11) is 0. The number of benzene rings is 11. The molecule has 0 radical (unpaired) electrons. The van der Waals surface area contributed by atoms with E-state index in [1.165, 1.54) is 43.1 Å². The Morgan fingerprint density at radius 1 is 0.211 bits per heavy atom. The lowest BCUT2D eigenvalue weighted by molar-refractivity contribution is 0.483. The van der Waals surface area contributed by atoms with Crippen LogP contribution in [0.5, 0.6) is 23.0 Å². The minimum atomic E-state index is 0.787.